The van der Waals surface area contributed by atoms with Gasteiger partial charge in [0.2, 0.25) is 0 Å². The molecule has 1 saturated heterocycles. The number of thioether (sulfide) groups is 2. The molecule has 0 spiro atoms. The summed E-state index contributed by atoms with van der Waals surface area (Å²) in [4.78, 5) is 4.98. The summed E-state index contributed by atoms with van der Waals surface area (Å²) in [6.07, 6.45) is 5.22. The van der Waals surface area contributed by atoms with Crippen LogP contribution in [0.5, 0.6) is 0 Å². The van der Waals surface area contributed by atoms with Crippen LogP contribution < -0.4 is 5.32 Å². The Bertz CT molecular complexity index is 289. The first-order valence-electron chi connectivity index (χ1n) is 6.71. The van der Waals surface area contributed by atoms with Crippen molar-refractivity contribution in [3.05, 3.63) is 0 Å². The first-order valence-corrected chi connectivity index (χ1v) is 8.74. The zero-order valence-corrected chi connectivity index (χ0v) is 12.8. The summed E-state index contributed by atoms with van der Waals surface area (Å²) in [5.41, 5.74) is 0.232. The second-order valence-electron chi connectivity index (χ2n) is 5.53. The maximum atomic E-state index is 4.98. The van der Waals surface area contributed by atoms with E-state index >= 15 is 0 Å². The summed E-state index contributed by atoms with van der Waals surface area (Å²) in [6.45, 7) is 6.80. The van der Waals surface area contributed by atoms with Crippen molar-refractivity contribution in [3.8, 4) is 0 Å². The fraction of sp³-hybridized carbons (Fsp3) is 0.923. The van der Waals surface area contributed by atoms with Crippen molar-refractivity contribution in [1.82, 2.24) is 5.32 Å². The van der Waals surface area contributed by atoms with E-state index < -0.39 is 0 Å². The smallest absolute Gasteiger partial charge is 0.157 e. The van der Waals surface area contributed by atoms with Gasteiger partial charge >= 0.3 is 0 Å². The molecule has 0 bridgehead atoms. The number of aliphatic imine (C=N–C) groups is 1. The Balaban J connectivity index is 1.98. The molecular weight excluding hydrogens is 248 g/mol. The standard InChI is InChI=1S/C13H24N2S2/c1-4-16-11-7-5-6-10(11)14-12-15-13(2,3)8-9-17-12/h10-11H,4-9H2,1-3H3,(H,14,15). The van der Waals surface area contributed by atoms with E-state index in [1.54, 1.807) is 0 Å². The summed E-state index contributed by atoms with van der Waals surface area (Å²) in [5.74, 6) is 2.43. The van der Waals surface area contributed by atoms with Crippen molar-refractivity contribution in [1.29, 1.82) is 0 Å². The fourth-order valence-corrected chi connectivity index (χ4v) is 5.02. The molecule has 17 heavy (non-hydrogen) atoms. The molecule has 1 N–H and O–H groups in total. The van der Waals surface area contributed by atoms with Crippen LogP contribution in [0.1, 0.15) is 46.5 Å². The Morgan fingerprint density at radius 2 is 2.29 bits per heavy atom. The van der Waals surface area contributed by atoms with E-state index in [2.05, 4.69) is 37.8 Å². The van der Waals surface area contributed by atoms with Crippen molar-refractivity contribution >= 4 is 28.7 Å². The number of nitrogens with one attached hydrogen (secondary N) is 1. The third kappa shape index (κ3) is 3.82. The lowest BCUT2D eigenvalue weighted by atomic mass is 10.0. The zero-order valence-electron chi connectivity index (χ0n) is 11.2. The van der Waals surface area contributed by atoms with Gasteiger partial charge in [-0.3, -0.25) is 4.99 Å². The van der Waals surface area contributed by atoms with Gasteiger partial charge in [-0.1, -0.05) is 25.1 Å². The second kappa shape index (κ2) is 5.87. The van der Waals surface area contributed by atoms with Crippen LogP contribution in [0.15, 0.2) is 4.99 Å². The molecule has 2 fully saturated rings. The molecule has 1 aliphatic carbocycles. The van der Waals surface area contributed by atoms with Gasteiger partial charge in [-0.2, -0.15) is 11.8 Å². The number of nitrogens with zero attached hydrogens (tertiary/aromatic N) is 1. The molecule has 0 aromatic carbocycles. The molecule has 2 unspecified atom stereocenters. The number of hydrogen-bond acceptors (Lipinski definition) is 3. The minimum atomic E-state index is 0.232. The molecule has 1 saturated carbocycles. The summed E-state index contributed by atoms with van der Waals surface area (Å²) in [7, 11) is 0. The summed E-state index contributed by atoms with van der Waals surface area (Å²) in [5, 5.41) is 5.54. The highest BCUT2D eigenvalue weighted by molar-refractivity contribution is 8.13. The molecule has 2 atom stereocenters. The van der Waals surface area contributed by atoms with Gasteiger partial charge in [0.1, 0.15) is 0 Å². The predicted molar refractivity (Wildman–Crippen MR) is 81.3 cm³/mol. The van der Waals surface area contributed by atoms with Crippen LogP contribution in [-0.2, 0) is 0 Å². The third-order valence-corrected chi connectivity index (χ3v) is 5.69. The summed E-state index contributed by atoms with van der Waals surface area (Å²) < 4.78 is 0. The molecule has 2 nitrogen and oxygen atoms in total. The van der Waals surface area contributed by atoms with E-state index in [9.17, 15) is 0 Å². The molecular formula is C13H24N2S2. The lowest BCUT2D eigenvalue weighted by Gasteiger charge is -2.33. The van der Waals surface area contributed by atoms with Gasteiger partial charge in [0.05, 0.1) is 6.04 Å². The van der Waals surface area contributed by atoms with Crippen molar-refractivity contribution in [3.63, 3.8) is 0 Å². The summed E-state index contributed by atoms with van der Waals surface area (Å²) in [6, 6.07) is 0.559. The van der Waals surface area contributed by atoms with E-state index in [1.807, 2.05) is 11.8 Å². The molecule has 4 heteroatoms. The van der Waals surface area contributed by atoms with Crippen LogP contribution >= 0.6 is 23.5 Å². The van der Waals surface area contributed by atoms with Crippen molar-refractivity contribution in [2.45, 2.75) is 63.3 Å². The van der Waals surface area contributed by atoms with E-state index in [0.29, 0.717) is 6.04 Å². The van der Waals surface area contributed by atoms with E-state index in [4.69, 9.17) is 4.99 Å². The largest absolute Gasteiger partial charge is 0.360 e. The Labute approximate surface area is 114 Å². The summed E-state index contributed by atoms with van der Waals surface area (Å²) >= 11 is 3.99. The van der Waals surface area contributed by atoms with Gasteiger partial charge < -0.3 is 5.32 Å². The minimum absolute atomic E-state index is 0.232. The first kappa shape index (κ1) is 13.6. The van der Waals surface area contributed by atoms with Gasteiger partial charge in [-0.25, -0.2) is 0 Å². The number of amidine groups is 1. The maximum Gasteiger partial charge on any atom is 0.157 e. The maximum absolute atomic E-state index is 4.98. The SMILES string of the molecule is CCSC1CCCC1N=C1NC(C)(C)CCS1. The van der Waals surface area contributed by atoms with Gasteiger partial charge in [0.25, 0.3) is 0 Å². The van der Waals surface area contributed by atoms with Gasteiger partial charge in [-0.15, -0.1) is 0 Å². The third-order valence-electron chi connectivity index (χ3n) is 3.49. The molecule has 2 aliphatic rings. The van der Waals surface area contributed by atoms with Crippen LogP contribution in [0.2, 0.25) is 0 Å². The molecule has 98 valence electrons. The van der Waals surface area contributed by atoms with E-state index in [0.717, 1.165) is 5.25 Å². The first-order chi connectivity index (χ1) is 8.11. The van der Waals surface area contributed by atoms with Crippen LogP contribution in [0.4, 0.5) is 0 Å². The van der Waals surface area contributed by atoms with Crippen LogP contribution in [0, 0.1) is 0 Å². The lowest BCUT2D eigenvalue weighted by Crippen LogP contribution is -2.46. The number of hydrogen-bond donors (Lipinski definition) is 1. The van der Waals surface area contributed by atoms with Crippen molar-refractivity contribution in [2.24, 2.45) is 4.99 Å². The second-order valence-corrected chi connectivity index (χ2v) is 8.13. The van der Waals surface area contributed by atoms with E-state index in [-0.39, 0.29) is 5.54 Å². The lowest BCUT2D eigenvalue weighted by molar-refractivity contribution is 0.445. The van der Waals surface area contributed by atoms with Crippen molar-refractivity contribution < 1.29 is 0 Å². The van der Waals surface area contributed by atoms with Gasteiger partial charge in [-0.05, 0) is 38.9 Å². The Kier molecular flexibility index (Phi) is 4.70. The van der Waals surface area contributed by atoms with Gasteiger partial charge in [0.15, 0.2) is 5.17 Å². The normalized spacial score (nSPS) is 34.9. The molecule has 1 heterocycles. The van der Waals surface area contributed by atoms with Crippen LogP contribution in [0.3, 0.4) is 0 Å². The molecule has 0 aromatic heterocycles. The topological polar surface area (TPSA) is 24.4 Å². The molecule has 0 amide bonds. The quantitative estimate of drug-likeness (QED) is 0.850. The molecule has 1 aliphatic heterocycles. The van der Waals surface area contributed by atoms with Crippen LogP contribution in [-0.4, -0.2) is 33.5 Å². The Morgan fingerprint density at radius 1 is 1.47 bits per heavy atom. The van der Waals surface area contributed by atoms with Crippen LogP contribution in [0.25, 0.3) is 0 Å². The average molecular weight is 272 g/mol. The Hall–Kier alpha value is 0.170. The highest BCUT2D eigenvalue weighted by Gasteiger charge is 2.29. The molecule has 0 aromatic rings. The monoisotopic (exact) mass is 272 g/mol. The highest BCUT2D eigenvalue weighted by atomic mass is 32.2. The minimum Gasteiger partial charge on any atom is -0.360 e. The van der Waals surface area contributed by atoms with E-state index in [1.165, 1.54) is 42.4 Å². The fourth-order valence-electron chi connectivity index (χ4n) is 2.47. The molecule has 0 radical (unpaired) electrons. The highest BCUT2D eigenvalue weighted by Crippen LogP contribution is 2.33. The predicted octanol–water partition coefficient (Wildman–Crippen LogP) is 3.52. The Morgan fingerprint density at radius 3 is 3.00 bits per heavy atom. The van der Waals surface area contributed by atoms with Gasteiger partial charge in [0, 0.05) is 16.5 Å². The number of rotatable bonds is 3. The zero-order chi connectivity index (χ0) is 12.3. The average Bonchev–Trinajstić information content (AvgIpc) is 2.65. The van der Waals surface area contributed by atoms with Crippen molar-refractivity contribution in [2.75, 3.05) is 11.5 Å². The molecule has 2 rings (SSSR count).